The van der Waals surface area contributed by atoms with Crippen molar-refractivity contribution in [3.8, 4) is 0 Å². The normalized spacial score (nSPS) is 20.0. The van der Waals surface area contributed by atoms with Gasteiger partial charge in [-0.15, -0.1) is 0 Å². The molecule has 2 heterocycles. The van der Waals surface area contributed by atoms with Crippen LogP contribution in [0.15, 0.2) is 47.4 Å². The standard InChI is InChI=1S/C24H28Cl2FN3O4S/c25-18-9-8-17(15-19(18)26)35(32,33)24(21-6-3-4-10-28-21)34-16-23(31)30-13-11-29(12-14-30)22-7-2-1-5-20(22)27/h1-2,5,7-9,15,21,24,28H,3-4,6,10-14,16H2. The Morgan fingerprint density at radius 2 is 1.83 bits per heavy atom. The Morgan fingerprint density at radius 3 is 2.49 bits per heavy atom. The van der Waals surface area contributed by atoms with E-state index in [4.69, 9.17) is 27.9 Å². The zero-order valence-electron chi connectivity index (χ0n) is 19.1. The van der Waals surface area contributed by atoms with Gasteiger partial charge >= 0.3 is 0 Å². The van der Waals surface area contributed by atoms with E-state index < -0.39 is 21.3 Å². The van der Waals surface area contributed by atoms with Crippen LogP contribution in [0.1, 0.15) is 19.3 Å². The molecule has 7 nitrogen and oxygen atoms in total. The van der Waals surface area contributed by atoms with Gasteiger partial charge in [0.2, 0.25) is 15.7 Å². The molecule has 2 fully saturated rings. The SMILES string of the molecule is O=C(COC(C1CCCCN1)S(=O)(=O)c1ccc(Cl)c(Cl)c1)N1CCN(c2ccccc2F)CC1. The minimum absolute atomic E-state index is 0.00442. The number of para-hydroxylation sites is 1. The molecule has 2 aromatic carbocycles. The summed E-state index contributed by atoms with van der Waals surface area (Å²) in [6, 6.07) is 10.2. The number of sulfone groups is 1. The van der Waals surface area contributed by atoms with E-state index in [0.29, 0.717) is 44.8 Å². The average Bonchev–Trinajstić information content (AvgIpc) is 2.86. The van der Waals surface area contributed by atoms with E-state index in [0.717, 1.165) is 12.8 Å². The fourth-order valence-corrected chi connectivity index (χ4v) is 6.55. The van der Waals surface area contributed by atoms with E-state index in [-0.39, 0.29) is 33.3 Å². The number of carbonyl (C=O) groups excluding carboxylic acids is 1. The smallest absolute Gasteiger partial charge is 0.248 e. The molecule has 0 aromatic heterocycles. The quantitative estimate of drug-likeness (QED) is 0.573. The van der Waals surface area contributed by atoms with E-state index in [1.54, 1.807) is 23.1 Å². The number of nitrogens with one attached hydrogen (secondary N) is 1. The Balaban J connectivity index is 1.43. The Morgan fingerprint density at radius 1 is 1.09 bits per heavy atom. The van der Waals surface area contributed by atoms with Crippen molar-refractivity contribution in [3.05, 3.63) is 58.3 Å². The van der Waals surface area contributed by atoms with Crippen LogP contribution in [0.25, 0.3) is 0 Å². The van der Waals surface area contributed by atoms with Crippen LogP contribution in [0.3, 0.4) is 0 Å². The van der Waals surface area contributed by atoms with Gasteiger partial charge in [0.15, 0.2) is 5.44 Å². The molecule has 4 rings (SSSR count). The van der Waals surface area contributed by atoms with Crippen molar-refractivity contribution >= 4 is 44.6 Å². The van der Waals surface area contributed by atoms with Crippen LogP contribution in [-0.2, 0) is 19.4 Å². The van der Waals surface area contributed by atoms with Crippen LogP contribution in [0.5, 0.6) is 0 Å². The first-order chi connectivity index (χ1) is 16.8. The minimum Gasteiger partial charge on any atom is -0.366 e. The Hall–Kier alpha value is -1.91. The zero-order valence-corrected chi connectivity index (χ0v) is 21.5. The third-order valence-corrected chi connectivity index (χ3v) is 9.13. The molecular formula is C24H28Cl2FN3O4S. The first-order valence-electron chi connectivity index (χ1n) is 11.6. The molecule has 2 unspecified atom stereocenters. The van der Waals surface area contributed by atoms with Crippen molar-refractivity contribution in [1.82, 2.24) is 10.2 Å². The lowest BCUT2D eigenvalue weighted by Crippen LogP contribution is -2.52. The number of ether oxygens (including phenoxy) is 1. The molecule has 0 spiro atoms. The summed E-state index contributed by atoms with van der Waals surface area (Å²) < 4.78 is 46.9. The fourth-order valence-electron chi connectivity index (χ4n) is 4.47. The third-order valence-electron chi connectivity index (χ3n) is 6.40. The molecule has 2 aromatic rings. The number of piperazine rings is 1. The predicted molar refractivity (Wildman–Crippen MR) is 134 cm³/mol. The average molecular weight is 544 g/mol. The van der Waals surface area contributed by atoms with Gasteiger partial charge in [0.05, 0.1) is 20.6 Å². The highest BCUT2D eigenvalue weighted by Gasteiger charge is 2.37. The van der Waals surface area contributed by atoms with E-state index in [2.05, 4.69) is 5.32 Å². The summed E-state index contributed by atoms with van der Waals surface area (Å²) in [7, 11) is -3.96. The Labute approximate surface area is 215 Å². The molecular weight excluding hydrogens is 516 g/mol. The molecule has 0 radical (unpaired) electrons. The van der Waals surface area contributed by atoms with E-state index >= 15 is 0 Å². The maximum absolute atomic E-state index is 14.1. The molecule has 1 N–H and O–H groups in total. The number of anilines is 1. The first-order valence-corrected chi connectivity index (χ1v) is 13.9. The summed E-state index contributed by atoms with van der Waals surface area (Å²) in [5.74, 6) is -0.603. The van der Waals surface area contributed by atoms with Crippen molar-refractivity contribution < 1.29 is 22.3 Å². The van der Waals surface area contributed by atoms with Crippen molar-refractivity contribution in [2.45, 2.75) is 35.6 Å². The largest absolute Gasteiger partial charge is 0.366 e. The van der Waals surface area contributed by atoms with Crippen LogP contribution in [0.2, 0.25) is 10.0 Å². The number of nitrogens with zero attached hydrogens (tertiary/aromatic N) is 2. The van der Waals surface area contributed by atoms with Crippen molar-refractivity contribution in [1.29, 1.82) is 0 Å². The van der Waals surface area contributed by atoms with Gasteiger partial charge in [-0.3, -0.25) is 4.79 Å². The lowest BCUT2D eigenvalue weighted by Gasteiger charge is -2.36. The van der Waals surface area contributed by atoms with Gasteiger partial charge in [-0.25, -0.2) is 12.8 Å². The predicted octanol–water partition coefficient (Wildman–Crippen LogP) is 3.74. The van der Waals surface area contributed by atoms with Crippen LogP contribution in [0.4, 0.5) is 10.1 Å². The number of hydrogen-bond acceptors (Lipinski definition) is 6. The van der Waals surface area contributed by atoms with Gasteiger partial charge in [-0.05, 0) is 49.7 Å². The maximum Gasteiger partial charge on any atom is 0.248 e. The topological polar surface area (TPSA) is 78.9 Å². The van der Waals surface area contributed by atoms with Crippen molar-refractivity contribution in [2.75, 3.05) is 44.2 Å². The second-order valence-corrected chi connectivity index (χ2v) is 11.5. The molecule has 0 saturated carbocycles. The van der Waals surface area contributed by atoms with Gasteiger partial charge < -0.3 is 19.9 Å². The maximum atomic E-state index is 14.1. The molecule has 2 aliphatic rings. The van der Waals surface area contributed by atoms with Gasteiger partial charge in [-0.1, -0.05) is 41.8 Å². The van der Waals surface area contributed by atoms with Crippen molar-refractivity contribution in [2.24, 2.45) is 0 Å². The number of carbonyl (C=O) groups is 1. The number of rotatable bonds is 7. The van der Waals surface area contributed by atoms with E-state index in [1.165, 1.54) is 24.3 Å². The molecule has 190 valence electrons. The molecule has 0 aliphatic carbocycles. The van der Waals surface area contributed by atoms with E-state index in [9.17, 15) is 17.6 Å². The fraction of sp³-hybridized carbons (Fsp3) is 0.458. The number of piperidine rings is 1. The third kappa shape index (κ3) is 6.09. The van der Waals surface area contributed by atoms with Gasteiger partial charge in [0.25, 0.3) is 0 Å². The number of amides is 1. The van der Waals surface area contributed by atoms with Gasteiger partial charge in [-0.2, -0.15) is 0 Å². The first kappa shape index (κ1) is 26.2. The molecule has 2 atom stereocenters. The second-order valence-electron chi connectivity index (χ2n) is 8.68. The number of benzene rings is 2. The van der Waals surface area contributed by atoms with E-state index in [1.807, 2.05) is 4.90 Å². The van der Waals surface area contributed by atoms with Crippen molar-refractivity contribution in [3.63, 3.8) is 0 Å². The van der Waals surface area contributed by atoms with Crippen LogP contribution < -0.4 is 10.2 Å². The number of hydrogen-bond donors (Lipinski definition) is 1. The molecule has 35 heavy (non-hydrogen) atoms. The number of halogens is 3. The zero-order chi connectivity index (χ0) is 25.0. The molecule has 0 bridgehead atoms. The molecule has 11 heteroatoms. The van der Waals surface area contributed by atoms with Crippen LogP contribution >= 0.6 is 23.2 Å². The molecule has 1 amide bonds. The minimum atomic E-state index is -3.96. The summed E-state index contributed by atoms with van der Waals surface area (Å²) in [6.07, 6.45) is 2.42. The Kier molecular flexibility index (Phi) is 8.54. The summed E-state index contributed by atoms with van der Waals surface area (Å²) in [5, 5.41) is 3.61. The summed E-state index contributed by atoms with van der Waals surface area (Å²) in [6.45, 7) is 2.03. The highest BCUT2D eigenvalue weighted by Crippen LogP contribution is 2.29. The lowest BCUT2D eigenvalue weighted by atomic mass is 10.1. The van der Waals surface area contributed by atoms with Crippen LogP contribution in [0, 0.1) is 5.82 Å². The summed E-state index contributed by atoms with van der Waals surface area (Å²) in [4.78, 5) is 16.4. The Bertz CT molecular complexity index is 1150. The lowest BCUT2D eigenvalue weighted by molar-refractivity contribution is -0.137. The van der Waals surface area contributed by atoms with Gasteiger partial charge in [0, 0.05) is 32.2 Å². The molecule has 2 aliphatic heterocycles. The highest BCUT2D eigenvalue weighted by atomic mass is 35.5. The highest BCUT2D eigenvalue weighted by molar-refractivity contribution is 7.92. The monoisotopic (exact) mass is 543 g/mol. The molecule has 2 saturated heterocycles. The summed E-state index contributed by atoms with van der Waals surface area (Å²) >= 11 is 12.0. The van der Waals surface area contributed by atoms with Gasteiger partial charge in [0.1, 0.15) is 12.4 Å². The summed E-state index contributed by atoms with van der Waals surface area (Å²) in [5.41, 5.74) is -0.740. The second kappa shape index (κ2) is 11.4. The van der Waals surface area contributed by atoms with Crippen LogP contribution in [-0.4, -0.2) is 70.0 Å².